The van der Waals surface area contributed by atoms with Gasteiger partial charge in [0.2, 0.25) is 5.79 Å². The molecule has 16 heteroatoms. The molecule has 1 saturated carbocycles. The zero-order valence-corrected chi connectivity index (χ0v) is 49.1. The minimum absolute atomic E-state index is 0.0535. The molecule has 436 valence electrons. The van der Waals surface area contributed by atoms with Crippen molar-refractivity contribution < 1.29 is 67.0 Å². The molecule has 77 heavy (non-hydrogen) atoms. The van der Waals surface area contributed by atoms with Crippen molar-refractivity contribution in [2.24, 2.45) is 35.5 Å². The fourth-order valence-electron chi connectivity index (χ4n) is 12.6. The standard InChI is InChI=1S/C61H98N2O14/c1-38-20-15-14-16-21-39(2)52(70-10)34-48-25-23-44(7)61(69,77-48)58(66)59(67)63-28-18-17-22-49(63)60(68)76-53(35-50(64)40(3)31-43(6)56(72-12)57(73-13)55(65)42(5)30-38)41(4)32-47-24-26-51(54(33-47)71-11)74-29-19-27-62-36-45(8)75-46(9)37-62/h14-16,20-21,31,38,40-42,44-49,51-54,56-57,69H,17-19,22-30,32-37H2,1-13H3/b16-14+,20-15+,39-21+,43-31+/t38-,40-,41-,42-,44-,45-,46+,47+,48+,49+,51-,52+,53+,54-,56-,57+,61-/m1/s1. The number of rotatable bonds is 12. The summed E-state index contributed by atoms with van der Waals surface area (Å²) in [7, 11) is 6.33. The number of morpholine rings is 1. The van der Waals surface area contributed by atoms with Gasteiger partial charge in [-0.15, -0.1) is 0 Å². The number of methoxy groups -OCH3 is 4. The summed E-state index contributed by atoms with van der Waals surface area (Å²) in [6.45, 7) is 20.9. The van der Waals surface area contributed by atoms with E-state index in [-0.39, 0.29) is 79.0 Å². The van der Waals surface area contributed by atoms with Gasteiger partial charge in [-0.25, -0.2) is 4.79 Å². The van der Waals surface area contributed by atoms with Gasteiger partial charge in [0.1, 0.15) is 30.1 Å². The number of amides is 1. The zero-order chi connectivity index (χ0) is 56.6. The van der Waals surface area contributed by atoms with Crippen molar-refractivity contribution in [3.05, 3.63) is 47.6 Å². The average Bonchev–Trinajstić information content (AvgIpc) is 3.41. The van der Waals surface area contributed by atoms with Gasteiger partial charge in [-0.1, -0.05) is 71.1 Å². The molecule has 0 radical (unpaired) electrons. The molecule has 17 atom stereocenters. The fraction of sp³-hybridized carbons (Fsp3) is 0.787. The lowest BCUT2D eigenvalue weighted by Gasteiger charge is -2.42. The van der Waals surface area contributed by atoms with Crippen LogP contribution >= 0.6 is 0 Å². The number of piperidine rings is 1. The molecule has 1 aliphatic carbocycles. The van der Waals surface area contributed by atoms with Gasteiger partial charge in [0.25, 0.3) is 11.7 Å². The largest absolute Gasteiger partial charge is 0.460 e. The number of allylic oxidation sites excluding steroid dienone is 6. The number of aliphatic hydroxyl groups is 1. The molecule has 5 aliphatic rings. The van der Waals surface area contributed by atoms with E-state index in [1.807, 2.05) is 58.1 Å². The van der Waals surface area contributed by atoms with Crippen LogP contribution in [0.5, 0.6) is 0 Å². The van der Waals surface area contributed by atoms with E-state index in [1.54, 1.807) is 34.1 Å². The number of esters is 1. The van der Waals surface area contributed by atoms with Gasteiger partial charge in [0.05, 0.1) is 36.6 Å². The lowest BCUT2D eigenvalue weighted by Crippen LogP contribution is -2.61. The number of Topliss-reactive ketones (excluding diaryl/α,β-unsaturated/α-hetero) is 3. The molecular weight excluding hydrogens is 985 g/mol. The molecule has 5 rings (SSSR count). The molecule has 0 spiro atoms. The van der Waals surface area contributed by atoms with E-state index in [1.165, 1.54) is 19.1 Å². The SMILES string of the molecule is CO[C@H]1C[C@@H]2CC[C@@H](C)[C@@](O)(O2)C(=O)C(=O)N2CCCC[C@H]2C(=O)O[C@H]([C@H](C)C[C@@H]2CC[C@@H](OCCCN3C[C@@H](C)O[C@@H](C)C3)[C@H](OC)C2)CC(=O)[C@H](C)/C=C(\C)[C@@H](OC)[C@@H](OC)C(=O)[C@H](C)C[C@H](C)/C=C/C=C/C=C/1C. The van der Waals surface area contributed by atoms with Crippen LogP contribution in [0.1, 0.15) is 146 Å². The summed E-state index contributed by atoms with van der Waals surface area (Å²) in [6.07, 6.45) is 15.3. The Hall–Kier alpha value is -3.45. The number of hydrogen-bond donors (Lipinski definition) is 1. The lowest BCUT2D eigenvalue weighted by atomic mass is 9.78. The molecular formula is C61H98N2O14. The van der Waals surface area contributed by atoms with E-state index < -0.39 is 71.8 Å². The van der Waals surface area contributed by atoms with Crippen molar-refractivity contribution in [3.8, 4) is 0 Å². The van der Waals surface area contributed by atoms with Crippen LogP contribution in [-0.2, 0) is 61.9 Å². The normalized spacial score (nSPS) is 39.4. The van der Waals surface area contributed by atoms with Gasteiger partial charge in [0.15, 0.2) is 5.78 Å². The molecule has 16 nitrogen and oxygen atoms in total. The molecule has 0 unspecified atom stereocenters. The number of carbonyl (C=O) groups is 5. The van der Waals surface area contributed by atoms with Crippen LogP contribution < -0.4 is 0 Å². The Morgan fingerprint density at radius 3 is 2.17 bits per heavy atom. The Bertz CT molecular complexity index is 2050. The van der Waals surface area contributed by atoms with Gasteiger partial charge in [0, 0.05) is 91.8 Å². The number of cyclic esters (lactones) is 1. The topological polar surface area (TPSA) is 186 Å². The van der Waals surface area contributed by atoms with Crippen LogP contribution in [0.25, 0.3) is 0 Å². The Kier molecular flexibility index (Phi) is 25.9. The molecule has 0 aromatic heterocycles. The van der Waals surface area contributed by atoms with Crippen molar-refractivity contribution >= 4 is 29.2 Å². The maximum atomic E-state index is 14.7. The molecule has 4 aliphatic heterocycles. The minimum atomic E-state index is -2.42. The summed E-state index contributed by atoms with van der Waals surface area (Å²) < 4.78 is 48.7. The van der Waals surface area contributed by atoms with Gasteiger partial charge >= 0.3 is 5.97 Å². The highest BCUT2D eigenvalue weighted by molar-refractivity contribution is 6.39. The highest BCUT2D eigenvalue weighted by atomic mass is 16.6. The highest BCUT2D eigenvalue weighted by Gasteiger charge is 2.53. The fourth-order valence-corrected chi connectivity index (χ4v) is 12.6. The molecule has 2 bridgehead atoms. The maximum Gasteiger partial charge on any atom is 0.329 e. The van der Waals surface area contributed by atoms with E-state index >= 15 is 0 Å². The Balaban J connectivity index is 1.41. The lowest BCUT2D eigenvalue weighted by molar-refractivity contribution is -0.265. The van der Waals surface area contributed by atoms with Crippen molar-refractivity contribution in [1.29, 1.82) is 0 Å². The zero-order valence-electron chi connectivity index (χ0n) is 49.1. The number of ether oxygens (including phenoxy) is 8. The van der Waals surface area contributed by atoms with Crippen molar-refractivity contribution in [2.75, 3.05) is 61.2 Å². The van der Waals surface area contributed by atoms with E-state index in [2.05, 4.69) is 25.7 Å². The quantitative estimate of drug-likeness (QED) is 0.0850. The minimum Gasteiger partial charge on any atom is -0.460 e. The number of fused-ring (bicyclic) bond motifs is 3. The summed E-state index contributed by atoms with van der Waals surface area (Å²) in [4.78, 5) is 75.8. The van der Waals surface area contributed by atoms with Gasteiger partial charge < -0.3 is 47.9 Å². The molecule has 3 saturated heterocycles. The van der Waals surface area contributed by atoms with Gasteiger partial charge in [-0.2, -0.15) is 0 Å². The summed E-state index contributed by atoms with van der Waals surface area (Å²) in [5.74, 6) is -7.30. The van der Waals surface area contributed by atoms with Crippen LogP contribution in [0.4, 0.5) is 0 Å². The monoisotopic (exact) mass is 1080 g/mol. The first-order valence-corrected chi connectivity index (χ1v) is 29.0. The van der Waals surface area contributed by atoms with Gasteiger partial charge in [-0.05, 0) is 127 Å². The molecule has 0 aromatic carbocycles. The third-order valence-electron chi connectivity index (χ3n) is 17.1. The van der Waals surface area contributed by atoms with Gasteiger partial charge in [-0.3, -0.25) is 24.1 Å². The van der Waals surface area contributed by atoms with Crippen molar-refractivity contribution in [2.45, 2.75) is 213 Å². The Labute approximate surface area is 461 Å². The average molecular weight is 1080 g/mol. The summed E-state index contributed by atoms with van der Waals surface area (Å²) >= 11 is 0. The van der Waals surface area contributed by atoms with Crippen molar-refractivity contribution in [3.63, 3.8) is 0 Å². The summed E-state index contributed by atoms with van der Waals surface area (Å²) in [6, 6.07) is -1.12. The summed E-state index contributed by atoms with van der Waals surface area (Å²) in [5.41, 5.74) is 1.55. The smallest absolute Gasteiger partial charge is 0.329 e. The number of carbonyl (C=O) groups excluding carboxylic acids is 5. The first-order valence-electron chi connectivity index (χ1n) is 29.0. The number of nitrogens with zero attached hydrogens (tertiary/aromatic N) is 2. The third-order valence-corrected chi connectivity index (χ3v) is 17.1. The predicted octanol–water partition coefficient (Wildman–Crippen LogP) is 8.36. The first-order chi connectivity index (χ1) is 36.6. The number of ketones is 3. The van der Waals surface area contributed by atoms with Crippen LogP contribution in [0.3, 0.4) is 0 Å². The third kappa shape index (κ3) is 18.0. The number of hydrogen-bond acceptors (Lipinski definition) is 15. The van der Waals surface area contributed by atoms with Crippen LogP contribution in [0, 0.1) is 35.5 Å². The molecule has 0 aromatic rings. The molecule has 1 amide bonds. The second kappa shape index (κ2) is 30.9. The predicted molar refractivity (Wildman–Crippen MR) is 295 cm³/mol. The molecule has 1 N–H and O–H groups in total. The Morgan fingerprint density at radius 2 is 1.49 bits per heavy atom. The van der Waals surface area contributed by atoms with E-state index in [0.717, 1.165) is 50.9 Å². The molecule has 4 fully saturated rings. The molecule has 4 heterocycles. The van der Waals surface area contributed by atoms with Crippen LogP contribution in [-0.4, -0.2) is 172 Å². The highest BCUT2D eigenvalue weighted by Crippen LogP contribution is 2.38. The maximum absolute atomic E-state index is 14.7. The summed E-state index contributed by atoms with van der Waals surface area (Å²) in [5, 5.41) is 12.1. The first kappa shape index (κ1) is 64.4. The van der Waals surface area contributed by atoms with E-state index in [4.69, 9.17) is 37.9 Å². The Morgan fingerprint density at radius 1 is 0.779 bits per heavy atom. The van der Waals surface area contributed by atoms with E-state index in [0.29, 0.717) is 57.1 Å². The van der Waals surface area contributed by atoms with E-state index in [9.17, 15) is 29.1 Å². The van der Waals surface area contributed by atoms with Crippen molar-refractivity contribution in [1.82, 2.24) is 9.80 Å². The van der Waals surface area contributed by atoms with Crippen LogP contribution in [0.15, 0.2) is 47.6 Å². The second-order valence-corrected chi connectivity index (χ2v) is 23.5. The second-order valence-electron chi connectivity index (χ2n) is 23.5. The van der Waals surface area contributed by atoms with Crippen LogP contribution in [0.2, 0.25) is 0 Å².